The van der Waals surface area contributed by atoms with Gasteiger partial charge in [-0.25, -0.2) is 8.42 Å². The minimum absolute atomic E-state index is 0.102. The van der Waals surface area contributed by atoms with Crippen LogP contribution in [0.15, 0.2) is 23.1 Å². The monoisotopic (exact) mass is 350 g/mol. The van der Waals surface area contributed by atoms with Crippen molar-refractivity contribution in [3.8, 4) is 0 Å². The van der Waals surface area contributed by atoms with Crippen LogP contribution in [0.4, 0.5) is 0 Å². The van der Waals surface area contributed by atoms with Gasteiger partial charge in [-0.15, -0.1) is 0 Å². The van der Waals surface area contributed by atoms with E-state index in [-0.39, 0.29) is 14.9 Å². The molecular formula is C14H20Cl2N2O2S. The van der Waals surface area contributed by atoms with Gasteiger partial charge in [0.2, 0.25) is 10.0 Å². The molecule has 0 unspecified atom stereocenters. The molecule has 0 amide bonds. The molecule has 1 aliphatic heterocycles. The summed E-state index contributed by atoms with van der Waals surface area (Å²) < 4.78 is 26.8. The van der Waals surface area contributed by atoms with E-state index >= 15 is 0 Å². The molecular weight excluding hydrogens is 331 g/mol. The van der Waals surface area contributed by atoms with Crippen LogP contribution in [0.2, 0.25) is 10.0 Å². The summed E-state index contributed by atoms with van der Waals surface area (Å²) in [7, 11) is -1.63. The van der Waals surface area contributed by atoms with E-state index in [1.165, 1.54) is 10.4 Å². The molecule has 118 valence electrons. The average molecular weight is 351 g/mol. The molecule has 1 heterocycles. The first-order chi connectivity index (χ1) is 9.96. The second-order valence-corrected chi connectivity index (χ2v) is 7.98. The average Bonchev–Trinajstić information content (AvgIpc) is 2.48. The molecule has 0 spiro atoms. The first-order valence-electron chi connectivity index (χ1n) is 7.05. The van der Waals surface area contributed by atoms with Crippen LogP contribution in [0.3, 0.4) is 0 Å². The van der Waals surface area contributed by atoms with Crippen molar-refractivity contribution in [2.45, 2.75) is 24.2 Å². The van der Waals surface area contributed by atoms with Crippen molar-refractivity contribution < 1.29 is 8.42 Å². The van der Waals surface area contributed by atoms with Crippen LogP contribution < -0.4 is 5.32 Å². The number of piperidine rings is 1. The molecule has 0 radical (unpaired) electrons. The summed E-state index contributed by atoms with van der Waals surface area (Å²) in [5, 5.41) is 3.51. The number of hydrogen-bond acceptors (Lipinski definition) is 3. The molecule has 21 heavy (non-hydrogen) atoms. The Labute approximate surface area is 136 Å². The number of sulfonamides is 1. The molecule has 1 saturated heterocycles. The normalized spacial score (nSPS) is 18.0. The quantitative estimate of drug-likeness (QED) is 0.887. The van der Waals surface area contributed by atoms with E-state index in [2.05, 4.69) is 5.32 Å². The standard InChI is InChI=1S/C14H20Cl2N2O2S/c1-17-8-5-11-6-9-18(10-7-11)21(19,20)13-4-2-3-12(15)14(13)16/h2-4,11,17H,5-10H2,1H3. The van der Waals surface area contributed by atoms with E-state index in [0.29, 0.717) is 19.0 Å². The van der Waals surface area contributed by atoms with Gasteiger partial charge in [-0.05, 0) is 50.9 Å². The topological polar surface area (TPSA) is 49.4 Å². The molecule has 1 aromatic carbocycles. The fourth-order valence-corrected chi connectivity index (χ4v) is 4.81. The van der Waals surface area contributed by atoms with E-state index in [0.717, 1.165) is 25.8 Å². The van der Waals surface area contributed by atoms with Gasteiger partial charge in [-0.3, -0.25) is 0 Å². The van der Waals surface area contributed by atoms with Crippen molar-refractivity contribution in [1.82, 2.24) is 9.62 Å². The van der Waals surface area contributed by atoms with Crippen LogP contribution in [0.1, 0.15) is 19.3 Å². The molecule has 2 rings (SSSR count). The third kappa shape index (κ3) is 3.90. The lowest BCUT2D eigenvalue weighted by Gasteiger charge is -2.31. The Balaban J connectivity index is 2.10. The summed E-state index contributed by atoms with van der Waals surface area (Å²) in [5.74, 6) is 0.582. The van der Waals surface area contributed by atoms with Crippen LogP contribution >= 0.6 is 23.2 Å². The second-order valence-electron chi connectivity index (χ2n) is 5.29. The molecule has 1 N–H and O–H groups in total. The maximum absolute atomic E-state index is 12.7. The lowest BCUT2D eigenvalue weighted by Crippen LogP contribution is -2.39. The first kappa shape index (κ1) is 17.0. The van der Waals surface area contributed by atoms with Gasteiger partial charge in [0.25, 0.3) is 0 Å². The Morgan fingerprint density at radius 1 is 1.29 bits per heavy atom. The van der Waals surface area contributed by atoms with Gasteiger partial charge in [0.15, 0.2) is 0 Å². The molecule has 1 aromatic rings. The fraction of sp³-hybridized carbons (Fsp3) is 0.571. The number of hydrogen-bond donors (Lipinski definition) is 1. The van der Waals surface area contributed by atoms with Gasteiger partial charge in [0.05, 0.1) is 10.0 Å². The zero-order chi connectivity index (χ0) is 15.5. The van der Waals surface area contributed by atoms with Gasteiger partial charge < -0.3 is 5.32 Å². The van der Waals surface area contributed by atoms with E-state index in [1.807, 2.05) is 7.05 Å². The Kier molecular flexibility index (Phi) is 5.91. The molecule has 0 aliphatic carbocycles. The van der Waals surface area contributed by atoms with Crippen LogP contribution in [-0.2, 0) is 10.0 Å². The van der Waals surface area contributed by atoms with Crippen LogP contribution in [-0.4, -0.2) is 39.4 Å². The highest BCUT2D eigenvalue weighted by atomic mass is 35.5. The van der Waals surface area contributed by atoms with Crippen molar-refractivity contribution in [1.29, 1.82) is 0 Å². The molecule has 0 bridgehead atoms. The van der Waals surface area contributed by atoms with Gasteiger partial charge in [0.1, 0.15) is 4.90 Å². The van der Waals surface area contributed by atoms with E-state index in [1.54, 1.807) is 12.1 Å². The summed E-state index contributed by atoms with van der Waals surface area (Å²) in [6.07, 6.45) is 2.86. The summed E-state index contributed by atoms with van der Waals surface area (Å²) in [5.41, 5.74) is 0. The molecule has 0 saturated carbocycles. The van der Waals surface area contributed by atoms with Crippen LogP contribution in [0, 0.1) is 5.92 Å². The van der Waals surface area contributed by atoms with Crippen molar-refractivity contribution in [3.05, 3.63) is 28.2 Å². The van der Waals surface area contributed by atoms with Crippen molar-refractivity contribution in [3.63, 3.8) is 0 Å². The predicted molar refractivity (Wildman–Crippen MR) is 86.5 cm³/mol. The Hall–Kier alpha value is -0.330. The van der Waals surface area contributed by atoms with Crippen LogP contribution in [0.5, 0.6) is 0 Å². The molecule has 1 fully saturated rings. The summed E-state index contributed by atoms with van der Waals surface area (Å²) in [6.45, 7) is 2.05. The third-order valence-corrected chi connectivity index (χ3v) is 6.78. The maximum Gasteiger partial charge on any atom is 0.244 e. The lowest BCUT2D eigenvalue weighted by molar-refractivity contribution is 0.263. The summed E-state index contributed by atoms with van der Waals surface area (Å²) in [4.78, 5) is 0.102. The van der Waals surface area contributed by atoms with Gasteiger partial charge in [-0.1, -0.05) is 29.3 Å². The fourth-order valence-electron chi connectivity index (χ4n) is 2.61. The highest BCUT2D eigenvalue weighted by Gasteiger charge is 2.31. The Morgan fingerprint density at radius 3 is 2.57 bits per heavy atom. The SMILES string of the molecule is CNCCC1CCN(S(=O)(=O)c2cccc(Cl)c2Cl)CC1. The summed E-state index contributed by atoms with van der Waals surface area (Å²) >= 11 is 12.0. The van der Waals surface area contributed by atoms with Crippen molar-refractivity contribution in [2.24, 2.45) is 5.92 Å². The number of nitrogens with one attached hydrogen (secondary N) is 1. The summed E-state index contributed by atoms with van der Waals surface area (Å²) in [6, 6.07) is 4.71. The number of halogens is 2. The van der Waals surface area contributed by atoms with E-state index in [4.69, 9.17) is 23.2 Å². The second kappa shape index (κ2) is 7.29. The van der Waals surface area contributed by atoms with Gasteiger partial charge >= 0.3 is 0 Å². The maximum atomic E-state index is 12.7. The minimum Gasteiger partial charge on any atom is -0.320 e. The lowest BCUT2D eigenvalue weighted by atomic mass is 9.95. The number of rotatable bonds is 5. The highest BCUT2D eigenvalue weighted by Crippen LogP contribution is 2.32. The van der Waals surface area contributed by atoms with Crippen molar-refractivity contribution >= 4 is 33.2 Å². The molecule has 1 aliphatic rings. The number of benzene rings is 1. The smallest absolute Gasteiger partial charge is 0.244 e. The minimum atomic E-state index is -3.56. The van der Waals surface area contributed by atoms with Gasteiger partial charge in [-0.2, -0.15) is 4.31 Å². The Bertz CT molecular complexity index is 585. The van der Waals surface area contributed by atoms with E-state index < -0.39 is 10.0 Å². The van der Waals surface area contributed by atoms with E-state index in [9.17, 15) is 8.42 Å². The Morgan fingerprint density at radius 2 is 1.95 bits per heavy atom. The largest absolute Gasteiger partial charge is 0.320 e. The molecule has 0 aromatic heterocycles. The first-order valence-corrected chi connectivity index (χ1v) is 9.25. The highest BCUT2D eigenvalue weighted by molar-refractivity contribution is 7.89. The molecule has 0 atom stereocenters. The predicted octanol–water partition coefficient (Wildman–Crippen LogP) is 3.00. The zero-order valence-electron chi connectivity index (χ0n) is 12.0. The van der Waals surface area contributed by atoms with Gasteiger partial charge in [0, 0.05) is 13.1 Å². The van der Waals surface area contributed by atoms with Crippen molar-refractivity contribution in [2.75, 3.05) is 26.7 Å². The number of nitrogens with zero attached hydrogens (tertiary/aromatic N) is 1. The molecule has 4 nitrogen and oxygen atoms in total. The molecule has 7 heteroatoms. The zero-order valence-corrected chi connectivity index (χ0v) is 14.3. The van der Waals surface area contributed by atoms with Crippen LogP contribution in [0.25, 0.3) is 0 Å². The third-order valence-electron chi connectivity index (χ3n) is 3.91.